The Morgan fingerprint density at radius 2 is 1.76 bits per heavy atom. The molecule has 1 saturated carbocycles. The average Bonchev–Trinajstić information content (AvgIpc) is 3.34. The lowest BCUT2D eigenvalue weighted by Crippen LogP contribution is -2.39. The predicted molar refractivity (Wildman–Crippen MR) is 122 cm³/mol. The lowest BCUT2D eigenvalue weighted by Gasteiger charge is -2.24. The van der Waals surface area contributed by atoms with E-state index in [9.17, 15) is 9.90 Å². The van der Waals surface area contributed by atoms with Crippen LogP contribution in [-0.2, 0) is 6.54 Å². The van der Waals surface area contributed by atoms with Crippen molar-refractivity contribution in [2.75, 3.05) is 20.1 Å². The number of carbonyl (C=O) groups is 1. The van der Waals surface area contributed by atoms with Crippen molar-refractivity contribution in [1.82, 2.24) is 10.2 Å². The van der Waals surface area contributed by atoms with Crippen molar-refractivity contribution in [3.8, 4) is 0 Å². The van der Waals surface area contributed by atoms with E-state index >= 15 is 0 Å². The molecule has 29 heavy (non-hydrogen) atoms. The van der Waals surface area contributed by atoms with Crippen LogP contribution in [0.15, 0.2) is 42.5 Å². The summed E-state index contributed by atoms with van der Waals surface area (Å²) in [5.74, 6) is 0.680. The molecule has 0 unspecified atom stereocenters. The van der Waals surface area contributed by atoms with Crippen LogP contribution < -0.4 is 11.1 Å². The predicted octanol–water partition coefficient (Wildman–Crippen LogP) is 4.46. The Morgan fingerprint density at radius 1 is 1.21 bits per heavy atom. The zero-order valence-electron chi connectivity index (χ0n) is 18.6. The summed E-state index contributed by atoms with van der Waals surface area (Å²) in [5, 5.41) is 12.8. The molecule has 5 nitrogen and oxygen atoms in total. The molecular formula is C24H41N3O2. The van der Waals surface area contributed by atoms with Gasteiger partial charge in [-0.25, -0.2) is 4.79 Å². The van der Waals surface area contributed by atoms with Crippen molar-refractivity contribution in [3.05, 3.63) is 48.0 Å². The van der Waals surface area contributed by atoms with Gasteiger partial charge >= 0.3 is 6.03 Å². The van der Waals surface area contributed by atoms with Crippen molar-refractivity contribution >= 4 is 6.03 Å². The number of nitrogens with zero attached hydrogens (tertiary/aromatic N) is 1. The summed E-state index contributed by atoms with van der Waals surface area (Å²) in [6.45, 7) is 10.8. The number of benzene rings is 1. The maximum atomic E-state index is 10.5. The molecule has 1 aliphatic carbocycles. The van der Waals surface area contributed by atoms with Gasteiger partial charge in [-0.15, -0.1) is 0 Å². The fourth-order valence-corrected chi connectivity index (χ4v) is 3.49. The molecular weight excluding hydrogens is 362 g/mol. The monoisotopic (exact) mass is 403 g/mol. The number of hydrogen-bond acceptors (Lipinski definition) is 3. The van der Waals surface area contributed by atoms with Crippen molar-refractivity contribution in [3.63, 3.8) is 0 Å². The number of aliphatic hydroxyl groups is 1. The summed E-state index contributed by atoms with van der Waals surface area (Å²) >= 11 is 0. The lowest BCUT2D eigenvalue weighted by molar-refractivity contribution is 0.129. The molecule has 0 aromatic heterocycles. The van der Waals surface area contributed by atoms with Gasteiger partial charge in [-0.2, -0.15) is 0 Å². The number of piperidine rings is 1. The van der Waals surface area contributed by atoms with E-state index in [0.717, 1.165) is 50.9 Å². The van der Waals surface area contributed by atoms with Crippen LogP contribution in [0.5, 0.6) is 0 Å². The van der Waals surface area contributed by atoms with E-state index in [0.29, 0.717) is 5.92 Å². The van der Waals surface area contributed by atoms with E-state index in [4.69, 9.17) is 5.73 Å². The number of nitrogens with two attached hydrogens (primary N) is 1. The van der Waals surface area contributed by atoms with E-state index in [1.807, 2.05) is 25.2 Å². The smallest absolute Gasteiger partial charge is 0.314 e. The van der Waals surface area contributed by atoms with E-state index in [-0.39, 0.29) is 6.03 Å². The number of amides is 2. The van der Waals surface area contributed by atoms with Gasteiger partial charge in [0.25, 0.3) is 0 Å². The van der Waals surface area contributed by atoms with Gasteiger partial charge in [0.05, 0.1) is 5.60 Å². The van der Waals surface area contributed by atoms with Crippen LogP contribution >= 0.6 is 0 Å². The van der Waals surface area contributed by atoms with Crippen molar-refractivity contribution in [1.29, 1.82) is 0 Å². The number of primary amides is 1. The van der Waals surface area contributed by atoms with Crippen LogP contribution in [0.4, 0.5) is 4.79 Å². The second-order valence-corrected chi connectivity index (χ2v) is 8.10. The fraction of sp³-hybridized carbons (Fsp3) is 0.625. The van der Waals surface area contributed by atoms with Crippen LogP contribution in [0.2, 0.25) is 0 Å². The molecule has 1 aromatic carbocycles. The first-order valence-electron chi connectivity index (χ1n) is 11.0. The third kappa shape index (κ3) is 9.95. The minimum Gasteiger partial charge on any atom is -0.385 e. The summed E-state index contributed by atoms with van der Waals surface area (Å²) in [4.78, 5) is 12.2. The molecule has 1 aromatic rings. The van der Waals surface area contributed by atoms with Crippen LogP contribution in [0.3, 0.4) is 0 Å². The Hall–Kier alpha value is -1.85. The molecule has 1 heterocycles. The first-order valence-corrected chi connectivity index (χ1v) is 11.0. The van der Waals surface area contributed by atoms with Gasteiger partial charge in [-0.3, -0.25) is 0 Å². The molecule has 1 saturated heterocycles. The standard InChI is InChI=1S/C10H18O.C8H11N.C6H12N2O/c1-4-9(5-2)7-10(11)6-8(10)3;1-9-7-8-5-3-2-4-6-8;7-6(9)8-4-2-1-3-5-8/h9,11H,3-7H2,1-2H3;2-6,9H,7H2,1H3;1-5H2,(H2,7,9)/t10-;;/m1../s1. The number of nitrogens with one attached hydrogen (secondary N) is 1. The van der Waals surface area contributed by atoms with E-state index in [1.165, 1.54) is 24.8 Å². The highest BCUT2D eigenvalue weighted by molar-refractivity contribution is 5.71. The van der Waals surface area contributed by atoms with Gasteiger partial charge in [0, 0.05) is 26.1 Å². The van der Waals surface area contributed by atoms with Crippen LogP contribution in [0.1, 0.15) is 64.4 Å². The quantitative estimate of drug-likeness (QED) is 0.614. The summed E-state index contributed by atoms with van der Waals surface area (Å²) in [7, 11) is 1.95. The summed E-state index contributed by atoms with van der Waals surface area (Å²) in [5.41, 5.74) is 6.96. The second kappa shape index (κ2) is 13.4. The molecule has 0 spiro atoms. The highest BCUT2D eigenvalue weighted by Gasteiger charge is 2.45. The van der Waals surface area contributed by atoms with Crippen LogP contribution in [0.25, 0.3) is 0 Å². The first kappa shape index (κ1) is 25.2. The fourth-order valence-electron chi connectivity index (χ4n) is 3.49. The van der Waals surface area contributed by atoms with Gasteiger partial charge in [-0.05, 0) is 49.8 Å². The Labute approximate surface area is 177 Å². The number of rotatable bonds is 6. The number of likely N-dealkylation sites (tertiary alicyclic amines) is 1. The molecule has 3 rings (SSSR count). The molecule has 1 aliphatic heterocycles. The van der Waals surface area contributed by atoms with Gasteiger partial charge in [0.1, 0.15) is 0 Å². The topological polar surface area (TPSA) is 78.6 Å². The Morgan fingerprint density at radius 3 is 2.14 bits per heavy atom. The van der Waals surface area contributed by atoms with Gasteiger partial charge in [0.15, 0.2) is 0 Å². The summed E-state index contributed by atoms with van der Waals surface area (Å²) in [6, 6.07) is 10.1. The highest BCUT2D eigenvalue weighted by Crippen LogP contribution is 2.46. The molecule has 164 valence electrons. The third-order valence-corrected chi connectivity index (χ3v) is 5.71. The van der Waals surface area contributed by atoms with Crippen LogP contribution in [-0.4, -0.2) is 41.8 Å². The lowest BCUT2D eigenvalue weighted by atomic mass is 9.95. The maximum absolute atomic E-state index is 10.5. The van der Waals surface area contributed by atoms with Crippen molar-refractivity contribution in [2.24, 2.45) is 11.7 Å². The molecule has 2 amide bonds. The maximum Gasteiger partial charge on any atom is 0.314 e. The summed E-state index contributed by atoms with van der Waals surface area (Å²) in [6.07, 6.45) is 7.58. The zero-order valence-corrected chi connectivity index (χ0v) is 18.6. The molecule has 5 heteroatoms. The largest absolute Gasteiger partial charge is 0.385 e. The number of urea groups is 1. The van der Waals surface area contributed by atoms with Gasteiger partial charge in [-0.1, -0.05) is 63.6 Å². The zero-order chi connectivity index (χ0) is 21.7. The third-order valence-electron chi connectivity index (χ3n) is 5.71. The minimum atomic E-state index is -0.462. The molecule has 1 atom stereocenters. The molecule has 4 N–H and O–H groups in total. The van der Waals surface area contributed by atoms with Crippen LogP contribution in [0, 0.1) is 5.92 Å². The normalized spacial score (nSPS) is 20.3. The van der Waals surface area contributed by atoms with Gasteiger partial charge in [0.2, 0.25) is 0 Å². The molecule has 0 radical (unpaired) electrons. The number of hydrogen-bond donors (Lipinski definition) is 3. The van der Waals surface area contributed by atoms with E-state index < -0.39 is 5.60 Å². The molecule has 2 aliphatic rings. The summed E-state index contributed by atoms with van der Waals surface area (Å²) < 4.78 is 0. The second-order valence-electron chi connectivity index (χ2n) is 8.10. The Balaban J connectivity index is 0.000000219. The average molecular weight is 404 g/mol. The van der Waals surface area contributed by atoms with E-state index in [1.54, 1.807) is 4.90 Å². The van der Waals surface area contributed by atoms with Crippen molar-refractivity contribution < 1.29 is 9.90 Å². The minimum absolute atomic E-state index is 0.269. The molecule has 2 fully saturated rings. The van der Waals surface area contributed by atoms with E-state index in [2.05, 4.69) is 37.9 Å². The number of carbonyl (C=O) groups excluding carboxylic acids is 1. The van der Waals surface area contributed by atoms with Crippen molar-refractivity contribution in [2.45, 2.75) is 70.9 Å². The Kier molecular flexibility index (Phi) is 11.6. The SMILES string of the molecule is C=C1C[C@@]1(O)CC(CC)CC.CNCc1ccccc1.NC(=O)N1CCCCC1. The Bertz CT molecular complexity index is 595. The first-order chi connectivity index (χ1) is 13.9. The van der Waals surface area contributed by atoms with Gasteiger partial charge < -0.3 is 21.1 Å². The molecule has 0 bridgehead atoms. The highest BCUT2D eigenvalue weighted by atomic mass is 16.3.